The van der Waals surface area contributed by atoms with Gasteiger partial charge in [-0.15, -0.1) is 0 Å². The minimum atomic E-state index is -3.85. The molecule has 0 saturated carbocycles. The Bertz CT molecular complexity index is 843. The Morgan fingerprint density at radius 1 is 0.926 bits per heavy atom. The van der Waals surface area contributed by atoms with Gasteiger partial charge in [0.15, 0.2) is 0 Å². The monoisotopic (exact) mass is 388 g/mol. The molecule has 0 atom stereocenters. The van der Waals surface area contributed by atoms with Gasteiger partial charge in [-0.1, -0.05) is 44.2 Å². The fourth-order valence-corrected chi connectivity index (χ4v) is 4.29. The van der Waals surface area contributed by atoms with Crippen LogP contribution in [0.2, 0.25) is 0 Å². The Morgan fingerprint density at radius 3 is 1.96 bits per heavy atom. The smallest absolute Gasteiger partial charge is 0.264 e. The number of hydrogen-bond donors (Lipinski definition) is 0. The van der Waals surface area contributed by atoms with Crippen LogP contribution in [-0.2, 0) is 14.8 Å². The second-order valence-corrected chi connectivity index (χ2v) is 8.50. The summed E-state index contributed by atoms with van der Waals surface area (Å²) in [4.78, 5) is 14.5. The highest BCUT2D eigenvalue weighted by Crippen LogP contribution is 2.26. The maximum atomic E-state index is 13.2. The lowest BCUT2D eigenvalue weighted by Crippen LogP contribution is -2.43. The average molecular weight is 389 g/mol. The first kappa shape index (κ1) is 21.0. The lowest BCUT2D eigenvalue weighted by Gasteiger charge is -2.27. The lowest BCUT2D eigenvalue weighted by atomic mass is 10.0. The topological polar surface area (TPSA) is 57.7 Å². The molecule has 0 aliphatic carbocycles. The third-order valence-electron chi connectivity index (χ3n) is 4.57. The van der Waals surface area contributed by atoms with Crippen molar-refractivity contribution >= 4 is 21.6 Å². The molecule has 27 heavy (non-hydrogen) atoms. The van der Waals surface area contributed by atoms with E-state index in [9.17, 15) is 13.2 Å². The Hall–Kier alpha value is -2.34. The Kier molecular flexibility index (Phi) is 7.02. The fourth-order valence-electron chi connectivity index (χ4n) is 2.86. The van der Waals surface area contributed by atoms with Gasteiger partial charge in [-0.3, -0.25) is 9.10 Å². The predicted octanol–water partition coefficient (Wildman–Crippen LogP) is 3.87. The molecule has 0 unspecified atom stereocenters. The van der Waals surface area contributed by atoms with Crippen LogP contribution in [0.25, 0.3) is 0 Å². The van der Waals surface area contributed by atoms with Crippen molar-refractivity contribution in [2.45, 2.75) is 38.5 Å². The van der Waals surface area contributed by atoms with Gasteiger partial charge in [-0.2, -0.15) is 0 Å². The number of nitrogens with zero attached hydrogens (tertiary/aromatic N) is 2. The molecule has 0 radical (unpaired) electrons. The number of benzene rings is 2. The van der Waals surface area contributed by atoms with Crippen LogP contribution >= 0.6 is 0 Å². The summed E-state index contributed by atoms with van der Waals surface area (Å²) in [6.07, 6.45) is 0. The van der Waals surface area contributed by atoms with Gasteiger partial charge in [0.25, 0.3) is 10.0 Å². The predicted molar refractivity (Wildman–Crippen MR) is 109 cm³/mol. The number of likely N-dealkylation sites (N-methyl/N-ethyl adjacent to an activating group) is 1. The number of sulfonamides is 1. The Labute approximate surface area is 162 Å². The first-order valence-corrected chi connectivity index (χ1v) is 10.7. The number of carbonyl (C=O) groups excluding carboxylic acids is 1. The number of carbonyl (C=O) groups is 1. The summed E-state index contributed by atoms with van der Waals surface area (Å²) < 4.78 is 27.7. The quantitative estimate of drug-likeness (QED) is 0.690. The molecule has 2 aromatic rings. The van der Waals surface area contributed by atoms with E-state index in [1.807, 2.05) is 26.0 Å². The molecule has 1 amide bonds. The Balaban J connectivity index is 2.47. The summed E-state index contributed by atoms with van der Waals surface area (Å²) in [5.74, 6) is 0.128. The van der Waals surface area contributed by atoms with E-state index in [-0.39, 0.29) is 17.3 Å². The minimum Gasteiger partial charge on any atom is -0.342 e. The first-order chi connectivity index (χ1) is 12.8. The lowest BCUT2D eigenvalue weighted by molar-refractivity contribution is -0.129. The van der Waals surface area contributed by atoms with Crippen molar-refractivity contribution in [1.82, 2.24) is 4.90 Å². The third kappa shape index (κ3) is 4.89. The fraction of sp³-hybridized carbons (Fsp3) is 0.381. The zero-order chi connectivity index (χ0) is 20.0. The highest BCUT2D eigenvalue weighted by Gasteiger charge is 2.28. The molecule has 5 nitrogen and oxygen atoms in total. The second-order valence-electron chi connectivity index (χ2n) is 6.64. The SMILES string of the molecule is CCN(CC)C(=O)CN(c1ccc(C(C)C)cc1)S(=O)(=O)c1ccccc1. The third-order valence-corrected chi connectivity index (χ3v) is 6.36. The molecule has 0 aliphatic rings. The van der Waals surface area contributed by atoms with Crippen LogP contribution in [0.5, 0.6) is 0 Å². The second kappa shape index (κ2) is 9.04. The molecule has 6 heteroatoms. The molecular formula is C21H28N2O3S. The van der Waals surface area contributed by atoms with Gasteiger partial charge in [-0.25, -0.2) is 8.42 Å². The van der Waals surface area contributed by atoms with E-state index in [0.717, 1.165) is 5.56 Å². The van der Waals surface area contributed by atoms with Crippen molar-refractivity contribution in [2.75, 3.05) is 23.9 Å². The van der Waals surface area contributed by atoms with E-state index >= 15 is 0 Å². The highest BCUT2D eigenvalue weighted by molar-refractivity contribution is 7.92. The van der Waals surface area contributed by atoms with Gasteiger partial charge in [0.05, 0.1) is 10.6 Å². The van der Waals surface area contributed by atoms with Gasteiger partial charge in [-0.05, 0) is 49.6 Å². The Morgan fingerprint density at radius 2 is 1.48 bits per heavy atom. The van der Waals surface area contributed by atoms with Gasteiger partial charge < -0.3 is 4.90 Å². The number of rotatable bonds is 8. The average Bonchev–Trinajstić information content (AvgIpc) is 2.67. The molecule has 0 aromatic heterocycles. The summed E-state index contributed by atoms with van der Waals surface area (Å²) >= 11 is 0. The molecule has 146 valence electrons. The van der Waals surface area contributed by atoms with Crippen molar-refractivity contribution in [2.24, 2.45) is 0 Å². The zero-order valence-electron chi connectivity index (χ0n) is 16.4. The van der Waals surface area contributed by atoms with Gasteiger partial charge in [0, 0.05) is 13.1 Å². The van der Waals surface area contributed by atoms with E-state index in [1.54, 1.807) is 47.4 Å². The highest BCUT2D eigenvalue weighted by atomic mass is 32.2. The molecular weight excluding hydrogens is 360 g/mol. The van der Waals surface area contributed by atoms with Crippen molar-refractivity contribution < 1.29 is 13.2 Å². The molecule has 2 aromatic carbocycles. The van der Waals surface area contributed by atoms with Crippen LogP contribution in [0.4, 0.5) is 5.69 Å². The van der Waals surface area contributed by atoms with E-state index in [1.165, 1.54) is 4.31 Å². The van der Waals surface area contributed by atoms with Crippen LogP contribution in [-0.4, -0.2) is 38.9 Å². The first-order valence-electron chi connectivity index (χ1n) is 9.26. The van der Waals surface area contributed by atoms with E-state index < -0.39 is 10.0 Å². The summed E-state index contributed by atoms with van der Waals surface area (Å²) in [6.45, 7) is 8.79. The van der Waals surface area contributed by atoms with Gasteiger partial charge in [0.1, 0.15) is 6.54 Å². The van der Waals surface area contributed by atoms with Gasteiger partial charge in [0.2, 0.25) is 5.91 Å². The summed E-state index contributed by atoms with van der Waals surface area (Å²) in [6, 6.07) is 15.6. The van der Waals surface area contributed by atoms with Crippen LogP contribution in [0.1, 0.15) is 39.2 Å². The maximum absolute atomic E-state index is 13.2. The van der Waals surface area contributed by atoms with Crippen LogP contribution in [0, 0.1) is 0 Å². The molecule has 0 bridgehead atoms. The van der Waals surface area contributed by atoms with E-state index in [0.29, 0.717) is 24.7 Å². The standard InChI is InChI=1S/C21H28N2O3S/c1-5-22(6-2)21(24)16-23(19-14-12-18(13-15-19)17(3)4)27(25,26)20-10-8-7-9-11-20/h7-15,17H,5-6,16H2,1-4H3. The van der Waals surface area contributed by atoms with Crippen LogP contribution < -0.4 is 4.31 Å². The molecule has 0 saturated heterocycles. The zero-order valence-corrected chi connectivity index (χ0v) is 17.2. The van der Waals surface area contributed by atoms with Crippen molar-refractivity contribution in [3.63, 3.8) is 0 Å². The van der Waals surface area contributed by atoms with E-state index in [2.05, 4.69) is 13.8 Å². The minimum absolute atomic E-state index is 0.172. The number of hydrogen-bond acceptors (Lipinski definition) is 3. The van der Waals surface area contributed by atoms with Gasteiger partial charge >= 0.3 is 0 Å². The molecule has 0 fully saturated rings. The van der Waals surface area contributed by atoms with Crippen molar-refractivity contribution in [3.8, 4) is 0 Å². The number of amides is 1. The molecule has 2 rings (SSSR count). The van der Waals surface area contributed by atoms with Crippen LogP contribution in [0.3, 0.4) is 0 Å². The summed E-state index contributed by atoms with van der Waals surface area (Å²) in [5, 5.41) is 0. The van der Waals surface area contributed by atoms with E-state index in [4.69, 9.17) is 0 Å². The van der Waals surface area contributed by atoms with Crippen molar-refractivity contribution in [3.05, 3.63) is 60.2 Å². The molecule has 0 heterocycles. The van der Waals surface area contributed by atoms with Crippen LogP contribution in [0.15, 0.2) is 59.5 Å². The molecule has 0 aliphatic heterocycles. The summed E-state index contributed by atoms with van der Waals surface area (Å²) in [5.41, 5.74) is 1.61. The maximum Gasteiger partial charge on any atom is 0.264 e. The molecule has 0 N–H and O–H groups in total. The van der Waals surface area contributed by atoms with Crippen molar-refractivity contribution in [1.29, 1.82) is 0 Å². The largest absolute Gasteiger partial charge is 0.342 e. The molecule has 0 spiro atoms. The normalized spacial score (nSPS) is 11.4. The number of anilines is 1. The summed E-state index contributed by atoms with van der Waals surface area (Å²) in [7, 11) is -3.85.